The number of hydrogen-bond donors (Lipinski definition) is 3. The minimum atomic E-state index is -0.873. The molecule has 0 aliphatic carbocycles. The molecule has 2 atom stereocenters. The number of carbonyl (C=O) groups excluding carboxylic acids is 2. The Labute approximate surface area is 322 Å². The lowest BCUT2D eigenvalue weighted by Gasteiger charge is -2.19. The van der Waals surface area contributed by atoms with Crippen molar-refractivity contribution < 1.29 is 24.5 Å². The van der Waals surface area contributed by atoms with E-state index in [1.807, 2.05) is 6.08 Å². The number of ether oxygens (including phenoxy) is 1. The molecule has 0 saturated carbocycles. The van der Waals surface area contributed by atoms with Gasteiger partial charge in [-0.25, -0.2) is 0 Å². The summed E-state index contributed by atoms with van der Waals surface area (Å²) in [5, 5.41) is 22.9. The number of aliphatic hydroxyl groups is 2. The van der Waals surface area contributed by atoms with E-state index in [9.17, 15) is 19.8 Å². The molecule has 0 radical (unpaired) electrons. The second-order valence-electron chi connectivity index (χ2n) is 15.4. The third-order valence-electron chi connectivity index (χ3n) is 10.2. The zero-order chi connectivity index (χ0) is 38.0. The van der Waals surface area contributed by atoms with Crippen molar-refractivity contribution in [3.05, 3.63) is 24.3 Å². The Balaban J connectivity index is 3.61. The second kappa shape index (κ2) is 42.1. The first-order valence-corrected chi connectivity index (χ1v) is 22.6. The monoisotopic (exact) mass is 734 g/mol. The number of carbonyl (C=O) groups is 2. The lowest BCUT2D eigenvalue weighted by atomic mass is 10.0. The van der Waals surface area contributed by atoms with Crippen LogP contribution in [0.3, 0.4) is 0 Å². The van der Waals surface area contributed by atoms with Gasteiger partial charge in [-0.05, 0) is 51.4 Å². The molecule has 0 aliphatic rings. The Morgan fingerprint density at radius 1 is 0.519 bits per heavy atom. The maximum absolute atomic E-state index is 12.4. The van der Waals surface area contributed by atoms with Crippen molar-refractivity contribution >= 4 is 11.9 Å². The second-order valence-corrected chi connectivity index (χ2v) is 15.4. The lowest BCUT2D eigenvalue weighted by Crippen LogP contribution is -2.45. The zero-order valence-corrected chi connectivity index (χ0v) is 34.5. The van der Waals surface area contributed by atoms with Crippen LogP contribution < -0.4 is 5.32 Å². The Bertz CT molecular complexity index is 813. The molecule has 0 rings (SSSR count). The van der Waals surface area contributed by atoms with E-state index in [1.54, 1.807) is 6.08 Å². The van der Waals surface area contributed by atoms with Crippen LogP contribution in [0.4, 0.5) is 0 Å². The fourth-order valence-electron chi connectivity index (χ4n) is 6.69. The Hall–Kier alpha value is -1.66. The van der Waals surface area contributed by atoms with E-state index in [0.717, 1.165) is 70.6 Å². The molecule has 52 heavy (non-hydrogen) atoms. The highest BCUT2D eigenvalue weighted by Gasteiger charge is 2.17. The molecule has 1 amide bonds. The summed E-state index contributed by atoms with van der Waals surface area (Å²) < 4.78 is 5.41. The number of rotatable bonds is 41. The summed E-state index contributed by atoms with van der Waals surface area (Å²) in [5.41, 5.74) is 0. The van der Waals surface area contributed by atoms with Crippen LogP contribution in [0.25, 0.3) is 0 Å². The maximum Gasteiger partial charge on any atom is 0.305 e. The zero-order valence-electron chi connectivity index (χ0n) is 34.5. The summed E-state index contributed by atoms with van der Waals surface area (Å²) >= 11 is 0. The van der Waals surface area contributed by atoms with Gasteiger partial charge < -0.3 is 20.3 Å². The largest absolute Gasteiger partial charge is 0.466 e. The molecule has 0 spiro atoms. The molecule has 6 heteroatoms. The highest BCUT2D eigenvalue weighted by molar-refractivity contribution is 5.76. The van der Waals surface area contributed by atoms with Crippen molar-refractivity contribution in [2.24, 2.45) is 0 Å². The van der Waals surface area contributed by atoms with Crippen LogP contribution in [0.2, 0.25) is 0 Å². The van der Waals surface area contributed by atoms with Gasteiger partial charge in [-0.15, -0.1) is 0 Å². The van der Waals surface area contributed by atoms with Gasteiger partial charge in [0, 0.05) is 12.8 Å². The minimum absolute atomic E-state index is 0.0390. The third kappa shape index (κ3) is 38.1. The Morgan fingerprint density at radius 2 is 0.923 bits per heavy atom. The van der Waals surface area contributed by atoms with Crippen LogP contribution in [0.5, 0.6) is 0 Å². The first-order chi connectivity index (χ1) is 25.5. The summed E-state index contributed by atoms with van der Waals surface area (Å²) in [7, 11) is 0. The molecule has 0 aromatic rings. The molecular weight excluding hydrogens is 647 g/mol. The normalized spacial score (nSPS) is 12.9. The van der Waals surface area contributed by atoms with Crippen molar-refractivity contribution in [1.82, 2.24) is 5.32 Å². The van der Waals surface area contributed by atoms with Gasteiger partial charge in [-0.3, -0.25) is 9.59 Å². The van der Waals surface area contributed by atoms with Crippen molar-refractivity contribution in [3.63, 3.8) is 0 Å². The number of aliphatic hydroxyl groups excluding tert-OH is 2. The van der Waals surface area contributed by atoms with Crippen LogP contribution >= 0.6 is 0 Å². The molecular formula is C46H87NO5. The number of unbranched alkanes of at least 4 members (excludes halogenated alkanes) is 28. The van der Waals surface area contributed by atoms with Crippen molar-refractivity contribution in [2.75, 3.05) is 13.2 Å². The van der Waals surface area contributed by atoms with Gasteiger partial charge in [0.25, 0.3) is 0 Å². The van der Waals surface area contributed by atoms with Crippen molar-refractivity contribution in [3.8, 4) is 0 Å². The fourth-order valence-corrected chi connectivity index (χ4v) is 6.69. The van der Waals surface area contributed by atoms with Gasteiger partial charge in [0.2, 0.25) is 5.91 Å². The average Bonchev–Trinajstić information content (AvgIpc) is 3.14. The molecule has 3 N–H and O–H groups in total. The van der Waals surface area contributed by atoms with Crippen LogP contribution in [-0.4, -0.2) is 47.4 Å². The van der Waals surface area contributed by atoms with Gasteiger partial charge >= 0.3 is 5.97 Å². The number of nitrogens with one attached hydrogen (secondary N) is 1. The summed E-state index contributed by atoms with van der Waals surface area (Å²) in [6.45, 7) is 4.79. The molecule has 0 saturated heterocycles. The molecule has 0 bridgehead atoms. The predicted molar refractivity (Wildman–Crippen MR) is 223 cm³/mol. The van der Waals surface area contributed by atoms with E-state index in [-0.39, 0.29) is 18.5 Å². The molecule has 306 valence electrons. The van der Waals surface area contributed by atoms with E-state index in [0.29, 0.717) is 19.4 Å². The quantitative estimate of drug-likeness (QED) is 0.0330. The first-order valence-electron chi connectivity index (χ1n) is 22.6. The van der Waals surface area contributed by atoms with E-state index < -0.39 is 12.1 Å². The summed E-state index contributed by atoms with van der Waals surface area (Å²) in [5.74, 6) is -0.168. The number of esters is 1. The molecule has 0 fully saturated rings. The van der Waals surface area contributed by atoms with E-state index in [4.69, 9.17) is 4.74 Å². The molecule has 2 unspecified atom stereocenters. The highest BCUT2D eigenvalue weighted by Crippen LogP contribution is 2.14. The average molecular weight is 734 g/mol. The third-order valence-corrected chi connectivity index (χ3v) is 10.2. The smallest absolute Gasteiger partial charge is 0.305 e. The Kier molecular flexibility index (Phi) is 40.7. The summed E-state index contributed by atoms with van der Waals surface area (Å²) in [6, 6.07) is -0.663. The SMILES string of the molecule is CCCCCCCCCCCCCCC/C=C/C(O)C(CO)NC(=O)CCC/C=C\CCCCCCOC(=O)CCCCCCCCCCCCC. The molecule has 0 aliphatic heterocycles. The molecule has 0 aromatic carbocycles. The van der Waals surface area contributed by atoms with Crippen LogP contribution in [0, 0.1) is 0 Å². The van der Waals surface area contributed by atoms with E-state index in [2.05, 4.69) is 31.3 Å². The van der Waals surface area contributed by atoms with Crippen molar-refractivity contribution in [2.45, 2.75) is 244 Å². The van der Waals surface area contributed by atoms with Gasteiger partial charge in [0.1, 0.15) is 0 Å². The fraction of sp³-hybridized carbons (Fsp3) is 0.870. The van der Waals surface area contributed by atoms with E-state index in [1.165, 1.54) is 135 Å². The van der Waals surface area contributed by atoms with Crippen LogP contribution in [0.15, 0.2) is 24.3 Å². The van der Waals surface area contributed by atoms with Crippen molar-refractivity contribution in [1.29, 1.82) is 0 Å². The minimum Gasteiger partial charge on any atom is -0.466 e. The van der Waals surface area contributed by atoms with Gasteiger partial charge in [0.05, 0.1) is 25.4 Å². The molecule has 6 nitrogen and oxygen atoms in total. The lowest BCUT2D eigenvalue weighted by molar-refractivity contribution is -0.143. The topological polar surface area (TPSA) is 95.9 Å². The Morgan fingerprint density at radius 3 is 1.40 bits per heavy atom. The first kappa shape index (κ1) is 50.3. The summed E-state index contributed by atoms with van der Waals surface area (Å²) in [6.07, 6.45) is 47.4. The van der Waals surface area contributed by atoms with Crippen LogP contribution in [-0.2, 0) is 14.3 Å². The number of amides is 1. The van der Waals surface area contributed by atoms with Crippen LogP contribution in [0.1, 0.15) is 232 Å². The number of allylic oxidation sites excluding steroid dienone is 3. The van der Waals surface area contributed by atoms with Gasteiger partial charge in [-0.2, -0.15) is 0 Å². The maximum atomic E-state index is 12.4. The van der Waals surface area contributed by atoms with E-state index >= 15 is 0 Å². The van der Waals surface area contributed by atoms with Gasteiger partial charge in [0.15, 0.2) is 0 Å². The van der Waals surface area contributed by atoms with Gasteiger partial charge in [-0.1, -0.05) is 192 Å². The highest BCUT2D eigenvalue weighted by atomic mass is 16.5. The molecule has 0 aromatic heterocycles. The predicted octanol–water partition coefficient (Wildman–Crippen LogP) is 12.8. The molecule has 0 heterocycles. The number of hydrogen-bond acceptors (Lipinski definition) is 5. The summed E-state index contributed by atoms with van der Waals surface area (Å²) in [4.78, 5) is 24.3. The standard InChI is InChI=1S/C46H87NO5/c1-3-5-7-9-11-13-15-16-17-18-20-22-26-30-34-38-44(49)43(42-48)47-45(50)39-35-31-27-23-21-25-29-33-37-41-52-46(51)40-36-32-28-24-19-14-12-10-8-6-4-2/h23,27,34,38,43-44,48-49H,3-22,24-26,28-33,35-37,39-42H2,1-2H3,(H,47,50)/b27-23-,38-34+.